The minimum absolute atomic E-state index is 0.0687. The van der Waals surface area contributed by atoms with E-state index in [2.05, 4.69) is 5.32 Å². The summed E-state index contributed by atoms with van der Waals surface area (Å²) in [5.41, 5.74) is 0. The lowest BCUT2D eigenvalue weighted by atomic mass is 10.1. The summed E-state index contributed by atoms with van der Waals surface area (Å²) in [6, 6.07) is 11.1. The van der Waals surface area contributed by atoms with E-state index in [4.69, 9.17) is 21.4 Å². The predicted octanol–water partition coefficient (Wildman–Crippen LogP) is 3.63. The van der Waals surface area contributed by atoms with E-state index in [1.165, 1.54) is 0 Å². The van der Waals surface area contributed by atoms with Crippen LogP contribution in [0.1, 0.15) is 25.7 Å². The quantitative estimate of drug-likeness (QED) is 0.678. The van der Waals surface area contributed by atoms with Crippen LogP contribution in [0.2, 0.25) is 5.02 Å². The molecule has 1 amide bonds. The maximum absolute atomic E-state index is 11.8. The Labute approximate surface area is 145 Å². The highest BCUT2D eigenvalue weighted by Crippen LogP contribution is 2.31. The lowest BCUT2D eigenvalue weighted by Gasteiger charge is -2.10. The number of carbonyl (C=O) groups excluding carboxylic acids is 1. The Morgan fingerprint density at radius 3 is 2.54 bits per heavy atom. The van der Waals surface area contributed by atoms with E-state index in [0.717, 1.165) is 23.6 Å². The Morgan fingerprint density at radius 1 is 1.04 bits per heavy atom. The number of carbonyl (C=O) groups is 2. The van der Waals surface area contributed by atoms with Crippen LogP contribution in [0.15, 0.2) is 36.4 Å². The van der Waals surface area contributed by atoms with Crippen LogP contribution in [0.25, 0.3) is 10.8 Å². The number of carboxylic acid groups (broad SMARTS) is 1. The molecular weight excluding hydrogens is 330 g/mol. The van der Waals surface area contributed by atoms with Crippen LogP contribution in [-0.4, -0.2) is 30.1 Å². The Hall–Kier alpha value is -2.27. The van der Waals surface area contributed by atoms with Gasteiger partial charge in [0.25, 0.3) is 5.91 Å². The van der Waals surface area contributed by atoms with Gasteiger partial charge in [-0.05, 0) is 25.0 Å². The largest absolute Gasteiger partial charge is 0.483 e. The van der Waals surface area contributed by atoms with Gasteiger partial charge in [-0.3, -0.25) is 9.59 Å². The molecule has 2 aromatic carbocycles. The Kier molecular flexibility index (Phi) is 6.88. The van der Waals surface area contributed by atoms with Crippen molar-refractivity contribution in [1.82, 2.24) is 5.32 Å². The third-order valence-corrected chi connectivity index (χ3v) is 3.91. The molecule has 0 heterocycles. The normalized spacial score (nSPS) is 10.5. The monoisotopic (exact) mass is 349 g/mol. The molecule has 0 atom stereocenters. The van der Waals surface area contributed by atoms with Crippen molar-refractivity contribution in [3.63, 3.8) is 0 Å². The number of hydrogen-bond acceptors (Lipinski definition) is 3. The molecule has 0 bridgehead atoms. The van der Waals surface area contributed by atoms with Crippen molar-refractivity contribution < 1.29 is 19.4 Å². The van der Waals surface area contributed by atoms with Gasteiger partial charge in [-0.2, -0.15) is 0 Å². The first-order valence-electron chi connectivity index (χ1n) is 7.86. The Balaban J connectivity index is 1.76. The van der Waals surface area contributed by atoms with Crippen molar-refractivity contribution in [2.45, 2.75) is 25.7 Å². The number of fused-ring (bicyclic) bond motifs is 1. The van der Waals surface area contributed by atoms with Crippen molar-refractivity contribution in [2.24, 2.45) is 0 Å². The second-order valence-corrected chi connectivity index (χ2v) is 5.84. The number of ether oxygens (including phenoxy) is 1. The highest BCUT2D eigenvalue weighted by Gasteiger charge is 2.07. The number of benzene rings is 2. The number of rotatable bonds is 9. The fourth-order valence-electron chi connectivity index (χ4n) is 2.36. The third-order valence-electron chi connectivity index (χ3n) is 3.58. The highest BCUT2D eigenvalue weighted by atomic mass is 35.5. The van der Waals surface area contributed by atoms with Gasteiger partial charge < -0.3 is 15.2 Å². The van der Waals surface area contributed by atoms with Crippen molar-refractivity contribution in [3.05, 3.63) is 41.4 Å². The zero-order valence-electron chi connectivity index (χ0n) is 13.3. The molecule has 0 unspecified atom stereocenters. The first kappa shape index (κ1) is 18.1. The van der Waals surface area contributed by atoms with Crippen molar-refractivity contribution in [3.8, 4) is 5.75 Å². The Bertz CT molecular complexity index is 717. The van der Waals surface area contributed by atoms with Crippen LogP contribution in [0.3, 0.4) is 0 Å². The molecule has 2 aromatic rings. The van der Waals surface area contributed by atoms with E-state index in [-0.39, 0.29) is 18.9 Å². The van der Waals surface area contributed by atoms with Gasteiger partial charge in [0.2, 0.25) is 0 Å². The number of unbranched alkanes of at least 4 members (excludes halogenated alkanes) is 2. The zero-order chi connectivity index (χ0) is 17.4. The fourth-order valence-corrected chi connectivity index (χ4v) is 2.59. The number of carboxylic acids is 1. The fraction of sp³-hybridized carbons (Fsp3) is 0.333. The average Bonchev–Trinajstić information content (AvgIpc) is 2.57. The highest BCUT2D eigenvalue weighted by molar-refractivity contribution is 6.35. The predicted molar refractivity (Wildman–Crippen MR) is 93.6 cm³/mol. The molecule has 0 aliphatic carbocycles. The number of amides is 1. The Morgan fingerprint density at radius 2 is 1.79 bits per heavy atom. The summed E-state index contributed by atoms with van der Waals surface area (Å²) < 4.78 is 5.60. The lowest BCUT2D eigenvalue weighted by Crippen LogP contribution is -2.29. The minimum atomic E-state index is -0.789. The second kappa shape index (κ2) is 9.13. The summed E-state index contributed by atoms with van der Waals surface area (Å²) in [7, 11) is 0. The molecule has 0 aliphatic rings. The molecule has 24 heavy (non-hydrogen) atoms. The van der Waals surface area contributed by atoms with Crippen LogP contribution in [-0.2, 0) is 9.59 Å². The number of aliphatic carboxylic acids is 1. The maximum atomic E-state index is 11.8. The van der Waals surface area contributed by atoms with E-state index in [0.29, 0.717) is 23.7 Å². The first-order chi connectivity index (χ1) is 11.6. The molecule has 0 aromatic heterocycles. The first-order valence-corrected chi connectivity index (χ1v) is 8.24. The molecule has 0 radical (unpaired) electrons. The van der Waals surface area contributed by atoms with Gasteiger partial charge >= 0.3 is 5.97 Å². The molecular formula is C18H20ClNO4. The standard InChI is InChI=1S/C18H20ClNO4/c19-15-9-10-16(14-7-4-3-6-13(14)15)24-12-17(21)20-11-5-1-2-8-18(22)23/h3-4,6-7,9-10H,1-2,5,8,11-12H2,(H,20,21)(H,22,23). The summed E-state index contributed by atoms with van der Waals surface area (Å²) in [5, 5.41) is 13.7. The molecule has 128 valence electrons. The molecule has 5 nitrogen and oxygen atoms in total. The summed E-state index contributed by atoms with van der Waals surface area (Å²) in [4.78, 5) is 22.2. The number of halogens is 1. The van der Waals surface area contributed by atoms with E-state index in [9.17, 15) is 9.59 Å². The minimum Gasteiger partial charge on any atom is -0.483 e. The molecule has 0 saturated carbocycles. The molecule has 0 saturated heterocycles. The van der Waals surface area contributed by atoms with Crippen LogP contribution in [0.4, 0.5) is 0 Å². The van der Waals surface area contributed by atoms with Gasteiger partial charge in [0.15, 0.2) is 6.61 Å². The van der Waals surface area contributed by atoms with E-state index in [1.807, 2.05) is 24.3 Å². The van der Waals surface area contributed by atoms with Crippen molar-refractivity contribution >= 4 is 34.2 Å². The topological polar surface area (TPSA) is 75.6 Å². The summed E-state index contributed by atoms with van der Waals surface area (Å²) in [6.07, 6.45) is 2.32. The van der Waals surface area contributed by atoms with Crippen LogP contribution >= 0.6 is 11.6 Å². The second-order valence-electron chi connectivity index (χ2n) is 5.43. The van der Waals surface area contributed by atoms with E-state index >= 15 is 0 Å². The van der Waals surface area contributed by atoms with E-state index < -0.39 is 5.97 Å². The van der Waals surface area contributed by atoms with Gasteiger partial charge in [-0.1, -0.05) is 42.3 Å². The van der Waals surface area contributed by atoms with Gasteiger partial charge in [0.1, 0.15) is 5.75 Å². The van der Waals surface area contributed by atoms with E-state index in [1.54, 1.807) is 12.1 Å². The molecule has 2 N–H and O–H groups in total. The number of hydrogen-bond donors (Lipinski definition) is 2. The molecule has 0 spiro atoms. The summed E-state index contributed by atoms with van der Waals surface area (Å²) >= 11 is 6.15. The smallest absolute Gasteiger partial charge is 0.303 e. The summed E-state index contributed by atoms with van der Waals surface area (Å²) in [5.74, 6) is -0.374. The molecule has 6 heteroatoms. The maximum Gasteiger partial charge on any atom is 0.303 e. The van der Waals surface area contributed by atoms with Gasteiger partial charge in [0.05, 0.1) is 0 Å². The van der Waals surface area contributed by atoms with Gasteiger partial charge in [-0.15, -0.1) is 0 Å². The molecule has 0 fully saturated rings. The van der Waals surface area contributed by atoms with Crippen LogP contribution in [0.5, 0.6) is 5.75 Å². The zero-order valence-corrected chi connectivity index (χ0v) is 14.0. The lowest BCUT2D eigenvalue weighted by molar-refractivity contribution is -0.137. The van der Waals surface area contributed by atoms with Gasteiger partial charge in [0, 0.05) is 28.8 Å². The molecule has 0 aliphatic heterocycles. The molecule has 2 rings (SSSR count). The van der Waals surface area contributed by atoms with Crippen LogP contribution in [0, 0.1) is 0 Å². The number of nitrogens with one attached hydrogen (secondary N) is 1. The summed E-state index contributed by atoms with van der Waals surface area (Å²) in [6.45, 7) is 0.448. The van der Waals surface area contributed by atoms with Crippen molar-refractivity contribution in [1.29, 1.82) is 0 Å². The van der Waals surface area contributed by atoms with Gasteiger partial charge in [-0.25, -0.2) is 0 Å². The van der Waals surface area contributed by atoms with Crippen LogP contribution < -0.4 is 10.1 Å². The third kappa shape index (κ3) is 5.42. The SMILES string of the molecule is O=C(O)CCCCCNC(=O)COc1ccc(Cl)c2ccccc12. The average molecular weight is 350 g/mol. The van der Waals surface area contributed by atoms with Crippen molar-refractivity contribution in [2.75, 3.05) is 13.2 Å².